The van der Waals surface area contributed by atoms with Crippen molar-refractivity contribution in [2.75, 3.05) is 25.1 Å². The van der Waals surface area contributed by atoms with Gasteiger partial charge in [0.15, 0.2) is 5.78 Å². The van der Waals surface area contributed by atoms with E-state index in [1.54, 1.807) is 24.3 Å². The van der Waals surface area contributed by atoms with Crippen molar-refractivity contribution in [3.05, 3.63) is 29.8 Å². The van der Waals surface area contributed by atoms with Crippen LogP contribution in [0.3, 0.4) is 0 Å². The summed E-state index contributed by atoms with van der Waals surface area (Å²) in [5.74, 6) is 0.534. The van der Waals surface area contributed by atoms with Crippen LogP contribution in [0.2, 0.25) is 0 Å². The molecule has 0 aromatic heterocycles. The van der Waals surface area contributed by atoms with Crippen molar-refractivity contribution in [2.24, 2.45) is 5.92 Å². The fourth-order valence-corrected chi connectivity index (χ4v) is 1.66. The van der Waals surface area contributed by atoms with E-state index in [0.29, 0.717) is 30.3 Å². The maximum absolute atomic E-state index is 11.6. The van der Waals surface area contributed by atoms with E-state index in [0.717, 1.165) is 13.0 Å². The molecule has 0 aliphatic carbocycles. The Bertz CT molecular complexity index is 455. The zero-order chi connectivity index (χ0) is 15.7. The molecule has 2 N–H and O–H groups in total. The molecule has 116 valence electrons. The minimum atomic E-state index is -0.255. The van der Waals surface area contributed by atoms with Crippen LogP contribution in [0.25, 0.3) is 0 Å². The lowest BCUT2D eigenvalue weighted by Gasteiger charge is -2.09. The minimum Gasteiger partial charge on any atom is -0.381 e. The van der Waals surface area contributed by atoms with Gasteiger partial charge in [-0.2, -0.15) is 0 Å². The molecule has 0 radical (unpaired) electrons. The van der Waals surface area contributed by atoms with Crippen molar-refractivity contribution in [1.82, 2.24) is 5.32 Å². The summed E-state index contributed by atoms with van der Waals surface area (Å²) in [7, 11) is 0. The first-order chi connectivity index (χ1) is 9.99. The third-order valence-corrected chi connectivity index (χ3v) is 2.75. The lowest BCUT2D eigenvalue weighted by Crippen LogP contribution is -2.30. The fraction of sp³-hybridized carbons (Fsp3) is 0.500. The number of rotatable bonds is 8. The second kappa shape index (κ2) is 9.13. The molecule has 1 rings (SSSR count). The van der Waals surface area contributed by atoms with Crippen LogP contribution in [0, 0.1) is 5.92 Å². The third kappa shape index (κ3) is 7.46. The molecule has 0 atom stereocenters. The largest absolute Gasteiger partial charge is 0.381 e. The molecule has 2 amide bonds. The molecule has 5 nitrogen and oxygen atoms in total. The lowest BCUT2D eigenvalue weighted by atomic mass is 10.1. The molecule has 0 aliphatic rings. The summed E-state index contributed by atoms with van der Waals surface area (Å²) in [6.45, 7) is 7.67. The van der Waals surface area contributed by atoms with Crippen molar-refractivity contribution in [2.45, 2.75) is 27.2 Å². The Labute approximate surface area is 126 Å². The van der Waals surface area contributed by atoms with Gasteiger partial charge in [-0.3, -0.25) is 4.79 Å². The number of anilines is 1. The number of amides is 2. The molecule has 0 fully saturated rings. The number of carbonyl (C=O) groups is 2. The maximum atomic E-state index is 11.6. The van der Waals surface area contributed by atoms with E-state index >= 15 is 0 Å². The van der Waals surface area contributed by atoms with Gasteiger partial charge in [-0.15, -0.1) is 0 Å². The number of hydrogen-bond acceptors (Lipinski definition) is 3. The Kier molecular flexibility index (Phi) is 7.46. The van der Waals surface area contributed by atoms with Gasteiger partial charge >= 0.3 is 6.03 Å². The van der Waals surface area contributed by atoms with E-state index < -0.39 is 0 Å². The first-order valence-electron chi connectivity index (χ1n) is 7.22. The quantitative estimate of drug-likeness (QED) is 0.571. The van der Waals surface area contributed by atoms with Gasteiger partial charge in [0.05, 0.1) is 0 Å². The number of carbonyl (C=O) groups excluding carboxylic acids is 2. The summed E-state index contributed by atoms with van der Waals surface area (Å²) in [5.41, 5.74) is 1.29. The Hall–Kier alpha value is -1.88. The van der Waals surface area contributed by atoms with E-state index in [1.807, 2.05) is 0 Å². The van der Waals surface area contributed by atoms with Gasteiger partial charge in [-0.1, -0.05) is 13.8 Å². The molecule has 0 bridgehead atoms. The van der Waals surface area contributed by atoms with Gasteiger partial charge < -0.3 is 15.4 Å². The zero-order valence-corrected chi connectivity index (χ0v) is 12.9. The number of ether oxygens (including phenoxy) is 1. The number of ketones is 1. The molecule has 0 saturated carbocycles. The lowest BCUT2D eigenvalue weighted by molar-refractivity contribution is 0.101. The number of benzene rings is 1. The second-order valence-corrected chi connectivity index (χ2v) is 5.34. The SMILES string of the molecule is CC(=O)c1ccc(NC(=O)NCCCOCC(C)C)cc1. The smallest absolute Gasteiger partial charge is 0.319 e. The average Bonchev–Trinajstić information content (AvgIpc) is 2.43. The molecule has 1 aromatic rings. The third-order valence-electron chi connectivity index (χ3n) is 2.75. The highest BCUT2D eigenvalue weighted by Crippen LogP contribution is 2.09. The Morgan fingerprint density at radius 1 is 1.19 bits per heavy atom. The highest BCUT2D eigenvalue weighted by molar-refractivity contribution is 5.95. The van der Waals surface area contributed by atoms with Gasteiger partial charge in [-0.25, -0.2) is 4.79 Å². The van der Waals surface area contributed by atoms with E-state index in [9.17, 15) is 9.59 Å². The topological polar surface area (TPSA) is 67.4 Å². The summed E-state index contributed by atoms with van der Waals surface area (Å²) in [6, 6.07) is 6.55. The van der Waals surface area contributed by atoms with Crippen molar-refractivity contribution in [1.29, 1.82) is 0 Å². The van der Waals surface area contributed by atoms with Gasteiger partial charge in [-0.05, 0) is 43.5 Å². The highest BCUT2D eigenvalue weighted by Gasteiger charge is 2.03. The van der Waals surface area contributed by atoms with Crippen LogP contribution in [-0.2, 0) is 4.74 Å². The van der Waals surface area contributed by atoms with Crippen molar-refractivity contribution in [3.63, 3.8) is 0 Å². The first-order valence-corrected chi connectivity index (χ1v) is 7.22. The number of hydrogen-bond donors (Lipinski definition) is 2. The maximum Gasteiger partial charge on any atom is 0.319 e. The van der Waals surface area contributed by atoms with Gasteiger partial charge in [0.1, 0.15) is 0 Å². The summed E-state index contributed by atoms with van der Waals surface area (Å²) in [4.78, 5) is 22.8. The normalized spacial score (nSPS) is 10.5. The average molecular weight is 292 g/mol. The monoisotopic (exact) mass is 292 g/mol. The molecule has 0 spiro atoms. The van der Waals surface area contributed by atoms with E-state index in [2.05, 4.69) is 24.5 Å². The molecular weight excluding hydrogens is 268 g/mol. The molecule has 0 unspecified atom stereocenters. The van der Waals surface area contributed by atoms with Crippen LogP contribution < -0.4 is 10.6 Å². The second-order valence-electron chi connectivity index (χ2n) is 5.34. The Morgan fingerprint density at radius 2 is 1.86 bits per heavy atom. The van der Waals surface area contributed by atoms with Gasteiger partial charge in [0.2, 0.25) is 0 Å². The van der Waals surface area contributed by atoms with Crippen LogP contribution in [0.5, 0.6) is 0 Å². The first kappa shape index (κ1) is 17.2. The molecule has 0 aliphatic heterocycles. The molecule has 1 aromatic carbocycles. The van der Waals surface area contributed by atoms with E-state index in [-0.39, 0.29) is 11.8 Å². The minimum absolute atomic E-state index is 0.00685. The fourth-order valence-electron chi connectivity index (χ4n) is 1.66. The van der Waals surface area contributed by atoms with Crippen LogP contribution in [-0.4, -0.2) is 31.6 Å². The summed E-state index contributed by atoms with van der Waals surface area (Å²) >= 11 is 0. The van der Waals surface area contributed by atoms with Crippen molar-refractivity contribution < 1.29 is 14.3 Å². The predicted octanol–water partition coefficient (Wildman–Crippen LogP) is 3.07. The van der Waals surface area contributed by atoms with Crippen LogP contribution in [0.15, 0.2) is 24.3 Å². The standard InChI is InChI=1S/C16H24N2O3/c1-12(2)11-21-10-4-9-17-16(20)18-15-7-5-14(6-8-15)13(3)19/h5-8,12H,4,9-11H2,1-3H3,(H2,17,18,20). The molecule has 5 heteroatoms. The molecular formula is C16H24N2O3. The molecule has 0 heterocycles. The van der Waals surface area contributed by atoms with E-state index in [1.165, 1.54) is 6.92 Å². The number of nitrogens with one attached hydrogen (secondary N) is 2. The zero-order valence-electron chi connectivity index (χ0n) is 12.9. The Balaban J connectivity index is 2.20. The van der Waals surface area contributed by atoms with Crippen molar-refractivity contribution >= 4 is 17.5 Å². The number of Topliss-reactive ketones (excluding diaryl/α,β-unsaturated/α-hetero) is 1. The van der Waals surface area contributed by atoms with Gasteiger partial charge in [0, 0.05) is 31.0 Å². The van der Waals surface area contributed by atoms with Crippen LogP contribution in [0.4, 0.5) is 10.5 Å². The van der Waals surface area contributed by atoms with E-state index in [4.69, 9.17) is 4.74 Å². The highest BCUT2D eigenvalue weighted by atomic mass is 16.5. The molecule has 21 heavy (non-hydrogen) atoms. The Morgan fingerprint density at radius 3 is 2.43 bits per heavy atom. The summed E-state index contributed by atoms with van der Waals surface area (Å²) < 4.78 is 5.43. The van der Waals surface area contributed by atoms with Gasteiger partial charge in [0.25, 0.3) is 0 Å². The predicted molar refractivity (Wildman–Crippen MR) is 83.7 cm³/mol. The molecule has 0 saturated heterocycles. The summed E-state index contributed by atoms with van der Waals surface area (Å²) in [5, 5.41) is 5.47. The summed E-state index contributed by atoms with van der Waals surface area (Å²) in [6.07, 6.45) is 0.781. The van der Waals surface area contributed by atoms with Crippen molar-refractivity contribution in [3.8, 4) is 0 Å². The number of urea groups is 1. The van der Waals surface area contributed by atoms with Crippen LogP contribution in [0.1, 0.15) is 37.6 Å². The van der Waals surface area contributed by atoms with Crippen LogP contribution >= 0.6 is 0 Å².